The van der Waals surface area contributed by atoms with E-state index in [1.54, 1.807) is 0 Å². The molecule has 88 valence electrons. The first kappa shape index (κ1) is 12.4. The summed E-state index contributed by atoms with van der Waals surface area (Å²) in [4.78, 5) is 9.47. The molecule has 0 bridgehead atoms. The Morgan fingerprint density at radius 3 is 2.44 bits per heavy atom. The number of nitrogens with zero attached hydrogens (tertiary/aromatic N) is 1. The molecule has 0 amide bonds. The van der Waals surface area contributed by atoms with Gasteiger partial charge in [-0.05, 0) is 0 Å². The van der Waals surface area contributed by atoms with E-state index in [2.05, 4.69) is 4.74 Å². The van der Waals surface area contributed by atoms with Crippen LogP contribution in [0.3, 0.4) is 0 Å². The van der Waals surface area contributed by atoms with E-state index in [4.69, 9.17) is 17.3 Å². The summed E-state index contributed by atoms with van der Waals surface area (Å²) in [6, 6.07) is 1.30. The van der Waals surface area contributed by atoms with Gasteiger partial charge in [-0.2, -0.15) is 0 Å². The number of ether oxygens (including phenoxy) is 1. The lowest BCUT2D eigenvalue weighted by Gasteiger charge is -2.09. The molecule has 1 aromatic rings. The van der Waals surface area contributed by atoms with Gasteiger partial charge in [0.15, 0.2) is 0 Å². The number of nitro groups is 1. The lowest BCUT2D eigenvalue weighted by atomic mass is 10.2. The Balaban J connectivity index is 3.19. The number of rotatable bonds is 2. The van der Waals surface area contributed by atoms with E-state index < -0.39 is 28.4 Å². The van der Waals surface area contributed by atoms with Gasteiger partial charge >= 0.3 is 6.36 Å². The highest BCUT2D eigenvalue weighted by Gasteiger charge is 2.32. The van der Waals surface area contributed by atoms with Gasteiger partial charge in [-0.25, -0.2) is 0 Å². The van der Waals surface area contributed by atoms with Gasteiger partial charge in [-0.3, -0.25) is 10.1 Å². The van der Waals surface area contributed by atoms with Gasteiger partial charge in [-0.1, -0.05) is 11.6 Å². The molecule has 9 heteroatoms. The van der Waals surface area contributed by atoms with Crippen LogP contribution in [0.5, 0.6) is 5.75 Å². The van der Waals surface area contributed by atoms with E-state index in [1.165, 1.54) is 0 Å². The summed E-state index contributed by atoms with van der Waals surface area (Å²) in [5.74, 6) is -0.793. The van der Waals surface area contributed by atoms with Crippen LogP contribution in [-0.2, 0) is 0 Å². The average molecular weight is 257 g/mol. The molecule has 0 aromatic heterocycles. The Bertz CT molecular complexity index is 436. The van der Waals surface area contributed by atoms with Crippen molar-refractivity contribution in [3.8, 4) is 5.75 Å². The maximum absolute atomic E-state index is 11.8. The Labute approximate surface area is 91.7 Å². The van der Waals surface area contributed by atoms with Crippen LogP contribution in [0.1, 0.15) is 0 Å². The lowest BCUT2D eigenvalue weighted by Crippen LogP contribution is -2.17. The molecule has 0 saturated carbocycles. The van der Waals surface area contributed by atoms with E-state index in [0.29, 0.717) is 6.07 Å². The normalized spacial score (nSPS) is 11.2. The molecule has 0 saturated heterocycles. The number of nitrogens with two attached hydrogens (primary N) is 1. The molecular formula is C7H4ClF3N2O3. The second-order valence-corrected chi connectivity index (χ2v) is 3.05. The average Bonchev–Trinajstić information content (AvgIpc) is 2.07. The summed E-state index contributed by atoms with van der Waals surface area (Å²) in [7, 11) is 0. The smallest absolute Gasteiger partial charge is 0.405 e. The van der Waals surface area contributed by atoms with Crippen LogP contribution in [0.15, 0.2) is 12.1 Å². The van der Waals surface area contributed by atoms with Crippen molar-refractivity contribution in [2.45, 2.75) is 6.36 Å². The topological polar surface area (TPSA) is 78.4 Å². The predicted octanol–water partition coefficient (Wildman–Crippen LogP) is 2.73. The van der Waals surface area contributed by atoms with Crippen LogP contribution >= 0.6 is 11.6 Å². The van der Waals surface area contributed by atoms with Crippen molar-refractivity contribution >= 4 is 23.0 Å². The van der Waals surface area contributed by atoms with Crippen LogP contribution in [0.4, 0.5) is 24.5 Å². The first-order valence-electron chi connectivity index (χ1n) is 3.70. The van der Waals surface area contributed by atoms with Gasteiger partial charge in [0.1, 0.15) is 11.4 Å². The third-order valence-electron chi connectivity index (χ3n) is 1.51. The van der Waals surface area contributed by atoms with Crippen molar-refractivity contribution in [1.82, 2.24) is 0 Å². The zero-order valence-corrected chi connectivity index (χ0v) is 8.17. The standard InChI is InChI=1S/C7H4ClF3N2O3/c8-4-1-3(16-7(9,10)11)2-5(6(4)12)13(14)15/h1-2H,12H2. The summed E-state index contributed by atoms with van der Waals surface area (Å²) < 4.78 is 39.0. The molecule has 0 aliphatic rings. The maximum Gasteiger partial charge on any atom is 0.573 e. The van der Waals surface area contributed by atoms with Crippen molar-refractivity contribution in [3.05, 3.63) is 27.3 Å². The van der Waals surface area contributed by atoms with E-state index in [1.807, 2.05) is 0 Å². The molecule has 1 rings (SSSR count). The fraction of sp³-hybridized carbons (Fsp3) is 0.143. The number of nitrogen functional groups attached to an aromatic ring is 1. The highest BCUT2D eigenvalue weighted by atomic mass is 35.5. The van der Waals surface area contributed by atoms with Gasteiger partial charge < -0.3 is 10.5 Å². The summed E-state index contributed by atoms with van der Waals surface area (Å²) in [5.41, 5.74) is 4.05. The fourth-order valence-electron chi connectivity index (χ4n) is 0.923. The molecule has 2 N–H and O–H groups in total. The minimum atomic E-state index is -4.95. The van der Waals surface area contributed by atoms with E-state index in [-0.39, 0.29) is 5.02 Å². The molecule has 0 radical (unpaired) electrons. The number of benzene rings is 1. The third kappa shape index (κ3) is 2.89. The third-order valence-corrected chi connectivity index (χ3v) is 1.82. The molecular weight excluding hydrogens is 253 g/mol. The molecule has 0 spiro atoms. The molecule has 0 aliphatic carbocycles. The maximum atomic E-state index is 11.8. The van der Waals surface area contributed by atoms with Crippen LogP contribution in [-0.4, -0.2) is 11.3 Å². The Hall–Kier alpha value is -1.70. The largest absolute Gasteiger partial charge is 0.573 e. The molecule has 0 aliphatic heterocycles. The fourth-order valence-corrected chi connectivity index (χ4v) is 1.13. The van der Waals surface area contributed by atoms with Crippen molar-refractivity contribution in [2.24, 2.45) is 0 Å². The first-order valence-corrected chi connectivity index (χ1v) is 4.07. The first-order chi connectivity index (χ1) is 7.20. The van der Waals surface area contributed by atoms with Crippen LogP contribution in [0.2, 0.25) is 5.02 Å². The van der Waals surface area contributed by atoms with Gasteiger partial charge in [0.25, 0.3) is 5.69 Å². The van der Waals surface area contributed by atoms with Gasteiger partial charge in [0, 0.05) is 6.07 Å². The van der Waals surface area contributed by atoms with Gasteiger partial charge in [0.2, 0.25) is 0 Å². The van der Waals surface area contributed by atoms with Crippen molar-refractivity contribution in [1.29, 1.82) is 0 Å². The summed E-state index contributed by atoms with van der Waals surface area (Å²) >= 11 is 5.42. The van der Waals surface area contributed by atoms with Crippen molar-refractivity contribution < 1.29 is 22.8 Å². The number of anilines is 1. The predicted molar refractivity (Wildman–Crippen MR) is 49.2 cm³/mol. The summed E-state index contributed by atoms with van der Waals surface area (Å²) in [6.07, 6.45) is -4.95. The zero-order valence-electron chi connectivity index (χ0n) is 7.42. The second kappa shape index (κ2) is 4.05. The van der Waals surface area contributed by atoms with Gasteiger partial charge in [-0.15, -0.1) is 13.2 Å². The van der Waals surface area contributed by atoms with Crippen LogP contribution < -0.4 is 10.5 Å². The number of nitro benzene ring substituents is 1. The lowest BCUT2D eigenvalue weighted by molar-refractivity contribution is -0.384. The minimum Gasteiger partial charge on any atom is -0.405 e. The van der Waals surface area contributed by atoms with Gasteiger partial charge in [0.05, 0.1) is 16.0 Å². The SMILES string of the molecule is Nc1c(Cl)cc(OC(F)(F)F)cc1[N+](=O)[O-]. The molecule has 0 heterocycles. The number of hydrogen-bond acceptors (Lipinski definition) is 4. The number of hydrogen-bond donors (Lipinski definition) is 1. The monoisotopic (exact) mass is 256 g/mol. The number of alkyl halides is 3. The van der Waals surface area contributed by atoms with Crippen LogP contribution in [0.25, 0.3) is 0 Å². The Morgan fingerprint density at radius 2 is 2.00 bits per heavy atom. The highest BCUT2D eigenvalue weighted by Crippen LogP contribution is 2.36. The second-order valence-electron chi connectivity index (χ2n) is 2.64. The zero-order chi connectivity index (χ0) is 12.5. The van der Waals surface area contributed by atoms with E-state index in [0.717, 1.165) is 6.07 Å². The molecule has 1 aromatic carbocycles. The minimum absolute atomic E-state index is 0.381. The van der Waals surface area contributed by atoms with E-state index in [9.17, 15) is 23.3 Å². The Morgan fingerprint density at radius 1 is 1.44 bits per heavy atom. The summed E-state index contributed by atoms with van der Waals surface area (Å²) in [5, 5.41) is 10.0. The molecule has 0 atom stereocenters. The van der Waals surface area contributed by atoms with E-state index >= 15 is 0 Å². The van der Waals surface area contributed by atoms with Crippen molar-refractivity contribution in [2.75, 3.05) is 5.73 Å². The quantitative estimate of drug-likeness (QED) is 0.501. The van der Waals surface area contributed by atoms with Crippen LogP contribution in [0, 0.1) is 10.1 Å². The molecule has 16 heavy (non-hydrogen) atoms. The molecule has 0 fully saturated rings. The molecule has 0 unspecified atom stereocenters. The Kier molecular flexibility index (Phi) is 3.13. The van der Waals surface area contributed by atoms with Crippen molar-refractivity contribution in [3.63, 3.8) is 0 Å². The highest BCUT2D eigenvalue weighted by molar-refractivity contribution is 6.33. The number of halogens is 4. The summed E-state index contributed by atoms with van der Waals surface area (Å²) in [6.45, 7) is 0. The molecule has 5 nitrogen and oxygen atoms in total.